The summed E-state index contributed by atoms with van der Waals surface area (Å²) in [7, 11) is 0. The van der Waals surface area contributed by atoms with Gasteiger partial charge in [0.25, 0.3) is 0 Å². The van der Waals surface area contributed by atoms with E-state index in [1.165, 1.54) is 0 Å². The minimum absolute atomic E-state index is 0.150. The molecule has 0 amide bonds. The van der Waals surface area contributed by atoms with E-state index in [1.807, 2.05) is 30.3 Å². The largest absolute Gasteiger partial charge is 0.395 e. The zero-order valence-electron chi connectivity index (χ0n) is 14.5. The Morgan fingerprint density at radius 1 is 1.28 bits per heavy atom. The van der Waals surface area contributed by atoms with Crippen LogP contribution in [0.1, 0.15) is 18.1 Å². The van der Waals surface area contributed by atoms with E-state index in [0.29, 0.717) is 12.5 Å². The van der Waals surface area contributed by atoms with Crippen molar-refractivity contribution in [2.75, 3.05) is 30.0 Å². The molecule has 0 unspecified atom stereocenters. The normalized spacial score (nSPS) is 11.3. The fourth-order valence-electron chi connectivity index (χ4n) is 2.76. The molecule has 6 nitrogen and oxygen atoms in total. The number of aryl methyl sites for hydroxylation is 1. The number of imidazole rings is 1. The number of likely N-dealkylation sites (N-methyl/N-ethyl adjacent to an activating group) is 1. The molecule has 0 aliphatic heterocycles. The molecule has 6 heteroatoms. The van der Waals surface area contributed by atoms with Crippen molar-refractivity contribution in [2.24, 2.45) is 5.10 Å². The van der Waals surface area contributed by atoms with Crippen molar-refractivity contribution in [3.05, 3.63) is 53.6 Å². The number of aliphatic hydroxyl groups is 1. The Morgan fingerprint density at radius 2 is 2.12 bits per heavy atom. The van der Waals surface area contributed by atoms with Crippen LogP contribution < -0.4 is 10.3 Å². The molecule has 1 aromatic heterocycles. The van der Waals surface area contributed by atoms with Crippen molar-refractivity contribution in [3.8, 4) is 0 Å². The first kappa shape index (κ1) is 17.0. The predicted octanol–water partition coefficient (Wildman–Crippen LogP) is 3.14. The summed E-state index contributed by atoms with van der Waals surface area (Å²) in [5.41, 5.74) is 8.09. The lowest BCUT2D eigenvalue weighted by atomic mass is 10.1. The number of benzene rings is 2. The average molecular weight is 337 g/mol. The first-order valence-electron chi connectivity index (χ1n) is 8.41. The lowest BCUT2D eigenvalue weighted by Gasteiger charge is -2.22. The molecule has 3 aromatic rings. The predicted molar refractivity (Wildman–Crippen MR) is 103 cm³/mol. The topological polar surface area (TPSA) is 76.5 Å². The van der Waals surface area contributed by atoms with Crippen molar-refractivity contribution >= 4 is 28.9 Å². The van der Waals surface area contributed by atoms with Crippen LogP contribution in [0.4, 0.5) is 11.6 Å². The molecule has 0 radical (unpaired) electrons. The Kier molecular flexibility index (Phi) is 5.30. The minimum atomic E-state index is 0.150. The van der Waals surface area contributed by atoms with Gasteiger partial charge in [0.1, 0.15) is 0 Å². The highest BCUT2D eigenvalue weighted by atomic mass is 16.3. The average Bonchev–Trinajstić information content (AvgIpc) is 3.04. The summed E-state index contributed by atoms with van der Waals surface area (Å²) in [4.78, 5) is 9.74. The van der Waals surface area contributed by atoms with Crippen LogP contribution in [0.2, 0.25) is 0 Å². The van der Waals surface area contributed by atoms with Crippen LogP contribution in [0.5, 0.6) is 0 Å². The fourth-order valence-corrected chi connectivity index (χ4v) is 2.76. The van der Waals surface area contributed by atoms with E-state index in [2.05, 4.69) is 51.4 Å². The van der Waals surface area contributed by atoms with Crippen LogP contribution in [0.25, 0.3) is 11.0 Å². The van der Waals surface area contributed by atoms with E-state index >= 15 is 0 Å². The summed E-state index contributed by atoms with van der Waals surface area (Å²) in [6.07, 6.45) is 1.79. The maximum Gasteiger partial charge on any atom is 0.222 e. The van der Waals surface area contributed by atoms with E-state index in [4.69, 9.17) is 5.11 Å². The van der Waals surface area contributed by atoms with Crippen LogP contribution in [0, 0.1) is 6.92 Å². The summed E-state index contributed by atoms with van der Waals surface area (Å²) < 4.78 is 0. The molecular formula is C19H23N5O. The number of nitrogens with one attached hydrogen (secondary N) is 2. The molecule has 0 fully saturated rings. The Hall–Kier alpha value is -2.86. The molecule has 0 saturated carbocycles. The summed E-state index contributed by atoms with van der Waals surface area (Å²) in [6.45, 7) is 5.78. The number of aliphatic hydroxyl groups excluding tert-OH is 1. The second-order valence-corrected chi connectivity index (χ2v) is 5.82. The Bertz CT molecular complexity index is 838. The third-order valence-corrected chi connectivity index (χ3v) is 4.13. The van der Waals surface area contributed by atoms with Crippen LogP contribution >= 0.6 is 0 Å². The first-order chi connectivity index (χ1) is 12.2. The number of para-hydroxylation sites is 2. The molecule has 0 aliphatic rings. The van der Waals surface area contributed by atoms with Crippen LogP contribution in [-0.4, -0.2) is 41.0 Å². The van der Waals surface area contributed by atoms with E-state index in [0.717, 1.165) is 34.4 Å². The van der Waals surface area contributed by atoms with E-state index in [-0.39, 0.29) is 6.61 Å². The van der Waals surface area contributed by atoms with Gasteiger partial charge >= 0.3 is 0 Å². The number of fused-ring (bicyclic) bond motifs is 1. The summed E-state index contributed by atoms with van der Waals surface area (Å²) in [6, 6.07) is 14.1. The number of aromatic nitrogens is 2. The van der Waals surface area contributed by atoms with Gasteiger partial charge in [-0.3, -0.25) is 0 Å². The number of nitrogens with zero attached hydrogens (tertiary/aromatic N) is 3. The van der Waals surface area contributed by atoms with Gasteiger partial charge in [-0.1, -0.05) is 18.2 Å². The second-order valence-electron chi connectivity index (χ2n) is 5.82. The van der Waals surface area contributed by atoms with Gasteiger partial charge in [0.15, 0.2) is 0 Å². The van der Waals surface area contributed by atoms with Crippen molar-refractivity contribution < 1.29 is 5.11 Å². The molecule has 25 heavy (non-hydrogen) atoms. The quantitative estimate of drug-likeness (QED) is 0.457. The molecule has 0 atom stereocenters. The highest BCUT2D eigenvalue weighted by Crippen LogP contribution is 2.18. The van der Waals surface area contributed by atoms with Crippen molar-refractivity contribution in [1.29, 1.82) is 0 Å². The molecule has 1 heterocycles. The fraction of sp³-hybridized carbons (Fsp3) is 0.263. The van der Waals surface area contributed by atoms with Crippen molar-refractivity contribution in [2.45, 2.75) is 13.8 Å². The van der Waals surface area contributed by atoms with E-state index in [1.54, 1.807) is 6.21 Å². The number of rotatable bonds is 7. The van der Waals surface area contributed by atoms with Gasteiger partial charge in [-0.15, -0.1) is 0 Å². The van der Waals surface area contributed by atoms with Gasteiger partial charge in [0.05, 0.1) is 23.9 Å². The number of anilines is 2. The highest BCUT2D eigenvalue weighted by Gasteiger charge is 2.05. The lowest BCUT2D eigenvalue weighted by Crippen LogP contribution is -2.26. The zero-order chi connectivity index (χ0) is 17.6. The Labute approximate surface area is 147 Å². The minimum Gasteiger partial charge on any atom is -0.395 e. The number of hydrogen-bond donors (Lipinski definition) is 3. The number of hydrazone groups is 1. The summed E-state index contributed by atoms with van der Waals surface area (Å²) in [5.74, 6) is 0.617. The van der Waals surface area contributed by atoms with Gasteiger partial charge < -0.3 is 15.0 Å². The molecule has 3 rings (SSSR count). The van der Waals surface area contributed by atoms with Crippen LogP contribution in [-0.2, 0) is 0 Å². The summed E-state index contributed by atoms with van der Waals surface area (Å²) >= 11 is 0. The number of H-pyrrole nitrogens is 1. The highest BCUT2D eigenvalue weighted by molar-refractivity contribution is 5.83. The second kappa shape index (κ2) is 7.81. The van der Waals surface area contributed by atoms with Gasteiger partial charge in [-0.2, -0.15) is 5.10 Å². The molecule has 0 bridgehead atoms. The van der Waals surface area contributed by atoms with Crippen LogP contribution in [0.3, 0.4) is 0 Å². The SMILES string of the molecule is CCN(CCO)c1ccc(/C=N\Nc2nc3ccccc3[nH]2)c(C)c1. The lowest BCUT2D eigenvalue weighted by molar-refractivity contribution is 0.302. The van der Waals surface area contributed by atoms with Crippen molar-refractivity contribution in [3.63, 3.8) is 0 Å². The van der Waals surface area contributed by atoms with Crippen LogP contribution in [0.15, 0.2) is 47.6 Å². The standard InChI is InChI=1S/C19H23N5O/c1-3-24(10-11-25)16-9-8-15(14(2)12-16)13-20-23-19-21-17-6-4-5-7-18(17)22-19/h4-9,12-13,25H,3,10-11H2,1-2H3,(H2,21,22,23)/b20-13-. The molecule has 2 aromatic carbocycles. The van der Waals surface area contributed by atoms with Gasteiger partial charge in [0.2, 0.25) is 5.95 Å². The third-order valence-electron chi connectivity index (χ3n) is 4.13. The summed E-state index contributed by atoms with van der Waals surface area (Å²) in [5, 5.41) is 13.4. The molecule has 3 N–H and O–H groups in total. The van der Waals surface area contributed by atoms with Crippen molar-refractivity contribution in [1.82, 2.24) is 9.97 Å². The Balaban J connectivity index is 1.70. The van der Waals surface area contributed by atoms with E-state index in [9.17, 15) is 0 Å². The van der Waals surface area contributed by atoms with E-state index < -0.39 is 0 Å². The maximum atomic E-state index is 9.15. The molecule has 0 spiro atoms. The third kappa shape index (κ3) is 3.97. The zero-order valence-corrected chi connectivity index (χ0v) is 14.5. The van der Waals surface area contributed by atoms with Gasteiger partial charge in [-0.25, -0.2) is 10.4 Å². The molecular weight excluding hydrogens is 314 g/mol. The smallest absolute Gasteiger partial charge is 0.222 e. The first-order valence-corrected chi connectivity index (χ1v) is 8.41. The monoisotopic (exact) mass is 337 g/mol. The molecule has 0 saturated heterocycles. The molecule has 130 valence electrons. The number of aromatic amines is 1. The Morgan fingerprint density at radius 3 is 2.84 bits per heavy atom. The number of hydrogen-bond acceptors (Lipinski definition) is 5. The molecule has 0 aliphatic carbocycles. The van der Waals surface area contributed by atoms with Gasteiger partial charge in [0, 0.05) is 18.8 Å². The van der Waals surface area contributed by atoms with Gasteiger partial charge in [-0.05, 0) is 49.2 Å². The maximum absolute atomic E-state index is 9.15.